The van der Waals surface area contributed by atoms with Gasteiger partial charge in [-0.1, -0.05) is 24.3 Å². The number of carbonyl (C=O) groups excluding carboxylic acids is 2. The Morgan fingerprint density at radius 2 is 1.70 bits per heavy atom. The average molecular weight is 404 g/mol. The van der Waals surface area contributed by atoms with Gasteiger partial charge >= 0.3 is 5.97 Å². The van der Waals surface area contributed by atoms with E-state index in [0.29, 0.717) is 22.4 Å². The molecule has 0 aliphatic rings. The number of benzene rings is 3. The molecule has 30 heavy (non-hydrogen) atoms. The van der Waals surface area contributed by atoms with Crippen LogP contribution in [0.3, 0.4) is 0 Å². The lowest BCUT2D eigenvalue weighted by molar-refractivity contribution is -0.123. The quantitative estimate of drug-likeness (QED) is 0.483. The summed E-state index contributed by atoms with van der Waals surface area (Å²) in [7, 11) is 0. The fourth-order valence-corrected chi connectivity index (χ4v) is 2.89. The van der Waals surface area contributed by atoms with E-state index in [-0.39, 0.29) is 11.5 Å². The number of aromatic nitrogens is 1. The Bertz CT molecular complexity index is 1180. The van der Waals surface area contributed by atoms with Crippen molar-refractivity contribution in [3.63, 3.8) is 0 Å². The van der Waals surface area contributed by atoms with E-state index >= 15 is 0 Å². The number of nitrogens with zero attached hydrogens (tertiary/aromatic N) is 1. The van der Waals surface area contributed by atoms with Crippen LogP contribution in [0.25, 0.3) is 22.6 Å². The summed E-state index contributed by atoms with van der Waals surface area (Å²) in [6, 6.07) is 19.3. The maximum Gasteiger partial charge on any atom is 0.339 e. The molecule has 1 unspecified atom stereocenters. The van der Waals surface area contributed by atoms with Crippen LogP contribution in [0.4, 0.5) is 10.1 Å². The van der Waals surface area contributed by atoms with E-state index in [0.717, 1.165) is 0 Å². The molecule has 6 nitrogen and oxygen atoms in total. The lowest BCUT2D eigenvalue weighted by Crippen LogP contribution is -2.30. The van der Waals surface area contributed by atoms with E-state index in [1.54, 1.807) is 30.3 Å². The highest BCUT2D eigenvalue weighted by atomic mass is 19.1. The molecule has 0 bridgehead atoms. The van der Waals surface area contributed by atoms with E-state index < -0.39 is 23.8 Å². The van der Waals surface area contributed by atoms with Gasteiger partial charge in [0.05, 0.1) is 11.1 Å². The molecular formula is C23H17FN2O4. The van der Waals surface area contributed by atoms with Crippen molar-refractivity contribution in [2.45, 2.75) is 13.0 Å². The SMILES string of the molecule is CC(OC(=O)c1ccccc1-c1nc2ccccc2o1)C(=O)Nc1ccc(F)cc1. The van der Waals surface area contributed by atoms with Crippen LogP contribution >= 0.6 is 0 Å². The number of carbonyl (C=O) groups is 2. The summed E-state index contributed by atoms with van der Waals surface area (Å²) in [5, 5.41) is 2.58. The molecule has 150 valence electrons. The Morgan fingerprint density at radius 1 is 1.00 bits per heavy atom. The number of para-hydroxylation sites is 2. The minimum absolute atomic E-state index is 0.227. The summed E-state index contributed by atoms with van der Waals surface area (Å²) in [4.78, 5) is 29.5. The van der Waals surface area contributed by atoms with Crippen LogP contribution < -0.4 is 5.32 Å². The summed E-state index contributed by atoms with van der Waals surface area (Å²) in [5.41, 5.74) is 2.36. The van der Waals surface area contributed by atoms with Crippen LogP contribution in [-0.2, 0) is 9.53 Å². The molecule has 1 N–H and O–H groups in total. The summed E-state index contributed by atoms with van der Waals surface area (Å²) in [6.45, 7) is 1.46. The Kier molecular flexibility index (Phi) is 5.26. The second-order valence-electron chi connectivity index (χ2n) is 6.58. The maximum absolute atomic E-state index is 13.0. The van der Waals surface area contributed by atoms with Gasteiger partial charge in [-0.3, -0.25) is 4.79 Å². The summed E-state index contributed by atoms with van der Waals surface area (Å²) < 4.78 is 24.1. The molecular weight excluding hydrogens is 387 g/mol. The molecule has 1 atom stereocenters. The van der Waals surface area contributed by atoms with E-state index in [1.165, 1.54) is 31.2 Å². The number of hydrogen-bond donors (Lipinski definition) is 1. The third-order valence-electron chi connectivity index (χ3n) is 4.44. The van der Waals surface area contributed by atoms with Crippen molar-refractivity contribution in [3.05, 3.63) is 84.2 Å². The molecule has 7 heteroatoms. The Balaban J connectivity index is 1.52. The summed E-state index contributed by atoms with van der Waals surface area (Å²) >= 11 is 0. The van der Waals surface area contributed by atoms with Crippen molar-refractivity contribution in [1.29, 1.82) is 0 Å². The predicted octanol–water partition coefficient (Wildman–Crippen LogP) is 4.82. The summed E-state index contributed by atoms with van der Waals surface area (Å²) in [6.07, 6.45) is -1.07. The highest BCUT2D eigenvalue weighted by molar-refractivity contribution is 6.00. The van der Waals surface area contributed by atoms with E-state index in [2.05, 4.69) is 10.3 Å². The molecule has 0 saturated carbocycles. The number of amides is 1. The molecule has 0 saturated heterocycles. The fraction of sp³-hybridized carbons (Fsp3) is 0.0870. The van der Waals surface area contributed by atoms with Crippen molar-refractivity contribution >= 4 is 28.7 Å². The highest BCUT2D eigenvalue weighted by Crippen LogP contribution is 2.27. The molecule has 1 heterocycles. The maximum atomic E-state index is 13.0. The number of ether oxygens (including phenoxy) is 1. The van der Waals surface area contributed by atoms with Crippen LogP contribution in [0.15, 0.2) is 77.2 Å². The zero-order valence-corrected chi connectivity index (χ0v) is 16.0. The van der Waals surface area contributed by atoms with Crippen LogP contribution in [-0.4, -0.2) is 23.0 Å². The number of halogens is 1. The van der Waals surface area contributed by atoms with Crippen LogP contribution in [0.5, 0.6) is 0 Å². The topological polar surface area (TPSA) is 81.4 Å². The molecule has 0 fully saturated rings. The lowest BCUT2D eigenvalue weighted by Gasteiger charge is -2.14. The minimum atomic E-state index is -1.07. The van der Waals surface area contributed by atoms with Gasteiger partial charge in [0.15, 0.2) is 11.7 Å². The number of hydrogen-bond acceptors (Lipinski definition) is 5. The molecule has 4 rings (SSSR count). The van der Waals surface area contributed by atoms with Crippen LogP contribution in [0.1, 0.15) is 17.3 Å². The van der Waals surface area contributed by atoms with Gasteiger partial charge in [-0.15, -0.1) is 0 Å². The Morgan fingerprint density at radius 3 is 2.47 bits per heavy atom. The van der Waals surface area contributed by atoms with Crippen molar-refractivity contribution in [3.8, 4) is 11.5 Å². The minimum Gasteiger partial charge on any atom is -0.449 e. The highest BCUT2D eigenvalue weighted by Gasteiger charge is 2.23. The van der Waals surface area contributed by atoms with E-state index in [9.17, 15) is 14.0 Å². The number of fused-ring (bicyclic) bond motifs is 1. The monoisotopic (exact) mass is 404 g/mol. The number of nitrogens with one attached hydrogen (secondary N) is 1. The molecule has 3 aromatic carbocycles. The second kappa shape index (κ2) is 8.16. The zero-order valence-electron chi connectivity index (χ0n) is 16.0. The van der Waals surface area contributed by atoms with Gasteiger partial charge in [0.25, 0.3) is 5.91 Å². The number of oxazole rings is 1. The average Bonchev–Trinajstić information content (AvgIpc) is 3.19. The van der Waals surface area contributed by atoms with Gasteiger partial charge in [0.1, 0.15) is 11.3 Å². The van der Waals surface area contributed by atoms with Crippen molar-refractivity contribution in [2.24, 2.45) is 0 Å². The summed E-state index contributed by atoms with van der Waals surface area (Å²) in [5.74, 6) is -1.35. The zero-order chi connectivity index (χ0) is 21.1. The first-order chi connectivity index (χ1) is 14.5. The largest absolute Gasteiger partial charge is 0.449 e. The predicted molar refractivity (Wildman–Crippen MR) is 109 cm³/mol. The first-order valence-electron chi connectivity index (χ1n) is 9.23. The van der Waals surface area contributed by atoms with Crippen molar-refractivity contribution in [2.75, 3.05) is 5.32 Å². The molecule has 1 amide bonds. The molecule has 0 radical (unpaired) electrons. The normalized spacial score (nSPS) is 11.8. The van der Waals surface area contributed by atoms with Gasteiger partial charge in [0.2, 0.25) is 5.89 Å². The Labute approximate surface area is 171 Å². The first-order valence-corrected chi connectivity index (χ1v) is 9.23. The van der Waals surface area contributed by atoms with Gasteiger partial charge < -0.3 is 14.5 Å². The molecule has 0 spiro atoms. The Hall–Kier alpha value is -4.00. The first kappa shape index (κ1) is 19.3. The van der Waals surface area contributed by atoms with Crippen molar-refractivity contribution < 1.29 is 23.1 Å². The number of esters is 1. The molecule has 4 aromatic rings. The molecule has 0 aliphatic heterocycles. The van der Waals surface area contributed by atoms with Crippen molar-refractivity contribution in [1.82, 2.24) is 4.98 Å². The van der Waals surface area contributed by atoms with Crippen LogP contribution in [0, 0.1) is 5.82 Å². The number of anilines is 1. The lowest BCUT2D eigenvalue weighted by atomic mass is 10.1. The number of rotatable bonds is 5. The van der Waals surface area contributed by atoms with E-state index in [4.69, 9.17) is 9.15 Å². The molecule has 0 aliphatic carbocycles. The van der Waals surface area contributed by atoms with Gasteiger partial charge in [-0.25, -0.2) is 14.2 Å². The third-order valence-corrected chi connectivity index (χ3v) is 4.44. The fourth-order valence-electron chi connectivity index (χ4n) is 2.89. The van der Waals surface area contributed by atoms with Crippen LogP contribution in [0.2, 0.25) is 0 Å². The second-order valence-corrected chi connectivity index (χ2v) is 6.58. The van der Waals surface area contributed by atoms with Gasteiger partial charge in [-0.2, -0.15) is 0 Å². The van der Waals surface area contributed by atoms with Gasteiger partial charge in [0, 0.05) is 5.69 Å². The smallest absolute Gasteiger partial charge is 0.339 e. The van der Waals surface area contributed by atoms with E-state index in [1.807, 2.05) is 18.2 Å². The molecule has 1 aromatic heterocycles. The van der Waals surface area contributed by atoms with Gasteiger partial charge in [-0.05, 0) is 55.5 Å². The standard InChI is InChI=1S/C23H17FN2O4/c1-14(21(27)25-16-12-10-15(24)11-13-16)29-23(28)18-7-3-2-6-17(18)22-26-19-8-4-5-9-20(19)30-22/h2-14H,1H3,(H,25,27). The third kappa shape index (κ3) is 4.05.